The van der Waals surface area contributed by atoms with Crippen molar-refractivity contribution in [1.82, 2.24) is 0 Å². The molecule has 0 unspecified atom stereocenters. The third-order valence-corrected chi connectivity index (χ3v) is 5.37. The number of methoxy groups -OCH3 is 2. The van der Waals surface area contributed by atoms with Crippen LogP contribution < -0.4 is 10.4 Å². The van der Waals surface area contributed by atoms with E-state index in [0.717, 1.165) is 24.2 Å². The fraction of sp³-hybridized carbons (Fsp3) is 0.400. The van der Waals surface area contributed by atoms with E-state index in [1.165, 1.54) is 7.11 Å². The second-order valence-corrected chi connectivity index (χ2v) is 7.76. The van der Waals surface area contributed by atoms with E-state index in [1.54, 1.807) is 55.6 Å². The molecule has 1 saturated heterocycles. The SMILES string of the molecule is COC(=O)[C@H]1C[NH2+]C[C@@H]1OC.O=C([O-])[C@H](OCc1ccccc1)[C@@H](OCc1ccccc1)C(=O)O. The van der Waals surface area contributed by atoms with Crippen molar-refractivity contribution in [2.75, 3.05) is 27.3 Å². The van der Waals surface area contributed by atoms with Crippen LogP contribution in [-0.2, 0) is 46.5 Å². The lowest BCUT2D eigenvalue weighted by Crippen LogP contribution is -2.82. The molecule has 3 N–H and O–H groups in total. The monoisotopic (exact) mass is 489 g/mol. The average molecular weight is 490 g/mol. The van der Waals surface area contributed by atoms with Gasteiger partial charge in [-0.3, -0.25) is 4.79 Å². The number of esters is 1. The van der Waals surface area contributed by atoms with Crippen LogP contribution in [0.15, 0.2) is 60.7 Å². The molecule has 35 heavy (non-hydrogen) atoms. The molecule has 10 nitrogen and oxygen atoms in total. The second-order valence-electron chi connectivity index (χ2n) is 7.76. The smallest absolute Gasteiger partial charge is 0.335 e. The van der Waals surface area contributed by atoms with Crippen molar-refractivity contribution in [1.29, 1.82) is 0 Å². The highest BCUT2D eigenvalue weighted by Crippen LogP contribution is 2.12. The minimum absolute atomic E-state index is 0.0300. The Morgan fingerprint density at radius 2 is 1.43 bits per heavy atom. The zero-order valence-corrected chi connectivity index (χ0v) is 19.7. The van der Waals surface area contributed by atoms with Gasteiger partial charge in [0.25, 0.3) is 0 Å². The van der Waals surface area contributed by atoms with Gasteiger partial charge in [0, 0.05) is 7.11 Å². The van der Waals surface area contributed by atoms with E-state index >= 15 is 0 Å². The summed E-state index contributed by atoms with van der Waals surface area (Å²) in [7, 11) is 3.03. The van der Waals surface area contributed by atoms with Crippen molar-refractivity contribution in [2.24, 2.45) is 5.92 Å². The van der Waals surface area contributed by atoms with Gasteiger partial charge in [-0.1, -0.05) is 60.7 Å². The predicted octanol–water partition coefficient (Wildman–Crippen LogP) is -0.641. The predicted molar refractivity (Wildman–Crippen MR) is 121 cm³/mol. The molecule has 2 aromatic carbocycles. The lowest BCUT2D eigenvalue weighted by atomic mass is 10.1. The van der Waals surface area contributed by atoms with Crippen LogP contribution in [0.1, 0.15) is 11.1 Å². The first-order valence-electron chi connectivity index (χ1n) is 11.0. The first-order valence-corrected chi connectivity index (χ1v) is 11.0. The summed E-state index contributed by atoms with van der Waals surface area (Å²) in [5.74, 6) is -3.30. The molecule has 0 radical (unpaired) electrons. The fourth-order valence-corrected chi connectivity index (χ4v) is 3.50. The average Bonchev–Trinajstić information content (AvgIpc) is 3.36. The molecule has 1 heterocycles. The highest BCUT2D eigenvalue weighted by atomic mass is 16.6. The Labute approximate surface area is 203 Å². The van der Waals surface area contributed by atoms with Crippen LogP contribution in [0.2, 0.25) is 0 Å². The minimum atomic E-state index is -1.72. The fourth-order valence-electron chi connectivity index (χ4n) is 3.50. The van der Waals surface area contributed by atoms with Crippen molar-refractivity contribution in [3.8, 4) is 0 Å². The first-order chi connectivity index (χ1) is 16.9. The molecule has 0 bridgehead atoms. The van der Waals surface area contributed by atoms with Crippen LogP contribution in [0.25, 0.3) is 0 Å². The quantitative estimate of drug-likeness (QED) is 0.393. The number of carbonyl (C=O) groups excluding carboxylic acids is 2. The number of hydrogen-bond donors (Lipinski definition) is 2. The molecule has 1 aliphatic heterocycles. The summed E-state index contributed by atoms with van der Waals surface area (Å²) in [6.07, 6.45) is -3.35. The molecule has 0 aliphatic carbocycles. The molecule has 1 aliphatic rings. The first kappa shape index (κ1) is 27.9. The van der Waals surface area contributed by atoms with Crippen molar-refractivity contribution < 1.29 is 48.9 Å². The maximum Gasteiger partial charge on any atom is 0.335 e. The molecular weight excluding hydrogens is 458 g/mol. The molecule has 1 fully saturated rings. The van der Waals surface area contributed by atoms with Gasteiger partial charge in [-0.25, -0.2) is 4.79 Å². The van der Waals surface area contributed by atoms with Crippen LogP contribution >= 0.6 is 0 Å². The van der Waals surface area contributed by atoms with Gasteiger partial charge in [-0.05, 0) is 11.1 Å². The molecule has 0 spiro atoms. The van der Waals surface area contributed by atoms with Crippen LogP contribution in [0.5, 0.6) is 0 Å². The zero-order chi connectivity index (χ0) is 25.6. The molecule has 10 heteroatoms. The highest BCUT2D eigenvalue weighted by molar-refractivity contribution is 5.82. The summed E-state index contributed by atoms with van der Waals surface area (Å²) in [6.45, 7) is 1.54. The summed E-state index contributed by atoms with van der Waals surface area (Å²) < 4.78 is 20.2. The molecule has 2 aromatic rings. The summed E-state index contributed by atoms with van der Waals surface area (Å²) in [5, 5.41) is 22.6. The van der Waals surface area contributed by atoms with Gasteiger partial charge < -0.3 is 39.3 Å². The van der Waals surface area contributed by atoms with Gasteiger partial charge >= 0.3 is 11.9 Å². The van der Waals surface area contributed by atoms with Gasteiger partial charge in [0.2, 0.25) is 0 Å². The molecule has 0 saturated carbocycles. The van der Waals surface area contributed by atoms with E-state index in [4.69, 9.17) is 14.2 Å². The van der Waals surface area contributed by atoms with E-state index in [1.807, 2.05) is 12.1 Å². The third kappa shape index (κ3) is 9.10. The number of quaternary nitrogens is 1. The topological polar surface area (TPSA) is 148 Å². The maximum atomic E-state index is 11.4. The van der Waals surface area contributed by atoms with Crippen LogP contribution in [0, 0.1) is 5.92 Å². The Morgan fingerprint density at radius 1 is 0.914 bits per heavy atom. The van der Waals surface area contributed by atoms with E-state index < -0.39 is 24.1 Å². The largest absolute Gasteiger partial charge is 0.547 e. The molecule has 3 rings (SSSR count). The minimum Gasteiger partial charge on any atom is -0.547 e. The van der Waals surface area contributed by atoms with Crippen molar-refractivity contribution >= 4 is 17.9 Å². The number of rotatable bonds is 11. The van der Waals surface area contributed by atoms with Gasteiger partial charge in [-0.15, -0.1) is 0 Å². The van der Waals surface area contributed by atoms with Gasteiger partial charge in [0.1, 0.15) is 24.7 Å². The van der Waals surface area contributed by atoms with Gasteiger partial charge in [-0.2, -0.15) is 0 Å². The summed E-state index contributed by atoms with van der Waals surface area (Å²) in [4.78, 5) is 33.7. The van der Waals surface area contributed by atoms with E-state index in [-0.39, 0.29) is 31.2 Å². The number of benzene rings is 2. The normalized spacial score (nSPS) is 18.6. The van der Waals surface area contributed by atoms with Crippen LogP contribution in [-0.4, -0.2) is 68.6 Å². The van der Waals surface area contributed by atoms with Crippen molar-refractivity contribution in [3.63, 3.8) is 0 Å². The molecule has 4 atom stereocenters. The summed E-state index contributed by atoms with van der Waals surface area (Å²) in [5.41, 5.74) is 1.44. The van der Waals surface area contributed by atoms with Gasteiger partial charge in [0.15, 0.2) is 6.10 Å². The maximum absolute atomic E-state index is 11.4. The van der Waals surface area contributed by atoms with Crippen molar-refractivity contribution in [2.45, 2.75) is 31.5 Å². The Bertz CT molecular complexity index is 864. The number of ether oxygens (including phenoxy) is 4. The standard InChI is InChI=1S/C18H18O6.C7H13NO3/c19-17(20)15(23-11-13-7-3-1-4-8-13)16(18(21)22)24-12-14-9-5-2-6-10-14;1-10-6-4-8-3-5(6)7(9)11-2/h1-10,15-16H,11-12H2,(H,19,20)(H,21,22);5-6,8H,3-4H2,1-2H3/t15-,16-;5-,6-/m10/s1. The number of carboxylic acids is 2. The number of nitrogens with two attached hydrogens (primary N) is 1. The lowest BCUT2D eigenvalue weighted by Gasteiger charge is -2.25. The Kier molecular flexibility index (Phi) is 11.8. The van der Waals surface area contributed by atoms with Crippen LogP contribution in [0.4, 0.5) is 0 Å². The highest BCUT2D eigenvalue weighted by Gasteiger charge is 2.37. The van der Waals surface area contributed by atoms with E-state index in [2.05, 4.69) is 10.1 Å². The van der Waals surface area contributed by atoms with E-state index in [9.17, 15) is 24.6 Å². The lowest BCUT2D eigenvalue weighted by molar-refractivity contribution is -0.639. The van der Waals surface area contributed by atoms with Gasteiger partial charge in [0.05, 0.1) is 32.8 Å². The Balaban J connectivity index is 0.000000328. The second kappa shape index (κ2) is 14.8. The number of hydrogen-bond acceptors (Lipinski definition) is 8. The zero-order valence-electron chi connectivity index (χ0n) is 19.7. The summed E-state index contributed by atoms with van der Waals surface area (Å²) in [6, 6.07) is 17.7. The molecular formula is C25H31NO9. The molecule has 190 valence electrons. The Morgan fingerprint density at radius 3 is 1.86 bits per heavy atom. The Hall–Kier alpha value is -3.31. The number of carboxylic acid groups (broad SMARTS) is 2. The third-order valence-electron chi connectivity index (χ3n) is 5.37. The summed E-state index contributed by atoms with van der Waals surface area (Å²) >= 11 is 0. The molecule has 0 aromatic heterocycles. The van der Waals surface area contributed by atoms with Crippen LogP contribution in [0.3, 0.4) is 0 Å². The number of aliphatic carboxylic acids is 2. The van der Waals surface area contributed by atoms with Crippen molar-refractivity contribution in [3.05, 3.63) is 71.8 Å². The van der Waals surface area contributed by atoms with E-state index in [0.29, 0.717) is 0 Å². The molecule has 0 amide bonds. The number of carbonyl (C=O) groups is 3.